The molecule has 1 saturated heterocycles. The van der Waals surface area contributed by atoms with E-state index in [9.17, 15) is 4.79 Å². The van der Waals surface area contributed by atoms with E-state index < -0.39 is 0 Å². The largest absolute Gasteiger partial charge is 0.491 e. The van der Waals surface area contributed by atoms with Gasteiger partial charge in [-0.25, -0.2) is 0 Å². The van der Waals surface area contributed by atoms with E-state index >= 15 is 0 Å². The number of ether oxygens (including phenoxy) is 2. The Hall–Kier alpha value is -1.59. The molecule has 20 heavy (non-hydrogen) atoms. The maximum absolute atomic E-state index is 12.1. The molecule has 1 aromatic rings. The highest BCUT2D eigenvalue weighted by molar-refractivity contribution is 5.95. The van der Waals surface area contributed by atoms with Crippen molar-refractivity contribution < 1.29 is 14.3 Å². The van der Waals surface area contributed by atoms with Crippen molar-refractivity contribution in [2.75, 3.05) is 25.1 Å². The summed E-state index contributed by atoms with van der Waals surface area (Å²) in [5.74, 6) is 0.777. The molecule has 0 aromatic heterocycles. The van der Waals surface area contributed by atoms with Crippen LogP contribution in [0.1, 0.15) is 19.4 Å². The lowest BCUT2D eigenvalue weighted by atomic mass is 10.2. The summed E-state index contributed by atoms with van der Waals surface area (Å²) in [6, 6.07) is 5.37. The van der Waals surface area contributed by atoms with Gasteiger partial charge >= 0.3 is 0 Å². The molecule has 0 radical (unpaired) electrons. The van der Waals surface area contributed by atoms with Gasteiger partial charge in [-0.1, -0.05) is 0 Å². The van der Waals surface area contributed by atoms with Crippen LogP contribution in [0.15, 0.2) is 18.2 Å². The van der Waals surface area contributed by atoms with Crippen molar-refractivity contribution in [1.82, 2.24) is 5.32 Å². The summed E-state index contributed by atoms with van der Waals surface area (Å²) in [5, 5.41) is 6.03. The molecule has 5 heteroatoms. The predicted octanol–water partition coefficient (Wildman–Crippen LogP) is 1.71. The van der Waals surface area contributed by atoms with Crippen molar-refractivity contribution in [2.24, 2.45) is 0 Å². The highest BCUT2D eigenvalue weighted by atomic mass is 16.5. The van der Waals surface area contributed by atoms with Crippen LogP contribution >= 0.6 is 0 Å². The van der Waals surface area contributed by atoms with Gasteiger partial charge in [0.25, 0.3) is 0 Å². The Bertz CT molecular complexity index is 468. The van der Waals surface area contributed by atoms with Gasteiger partial charge in [0, 0.05) is 12.2 Å². The monoisotopic (exact) mass is 278 g/mol. The Morgan fingerprint density at radius 1 is 1.50 bits per heavy atom. The van der Waals surface area contributed by atoms with Crippen molar-refractivity contribution in [3.63, 3.8) is 0 Å². The average Bonchev–Trinajstić information content (AvgIpc) is 2.42. The lowest BCUT2D eigenvalue weighted by Gasteiger charge is -2.23. The third kappa shape index (κ3) is 3.95. The number of aryl methyl sites for hydroxylation is 1. The molecule has 0 aliphatic carbocycles. The Morgan fingerprint density at radius 3 is 2.90 bits per heavy atom. The Labute approximate surface area is 119 Å². The number of hydrogen-bond acceptors (Lipinski definition) is 4. The normalized spacial score (nSPS) is 18.9. The second-order valence-corrected chi connectivity index (χ2v) is 5.22. The first-order valence-corrected chi connectivity index (χ1v) is 6.95. The summed E-state index contributed by atoms with van der Waals surface area (Å²) in [5.41, 5.74) is 1.78. The molecule has 1 unspecified atom stereocenters. The zero-order chi connectivity index (χ0) is 14.5. The number of benzene rings is 1. The van der Waals surface area contributed by atoms with Crippen molar-refractivity contribution in [3.05, 3.63) is 23.8 Å². The summed E-state index contributed by atoms with van der Waals surface area (Å²) < 4.78 is 11.0. The zero-order valence-corrected chi connectivity index (χ0v) is 12.2. The van der Waals surface area contributed by atoms with Gasteiger partial charge in [-0.05, 0) is 44.5 Å². The van der Waals surface area contributed by atoms with E-state index in [-0.39, 0.29) is 18.1 Å². The van der Waals surface area contributed by atoms with Gasteiger partial charge in [0.05, 0.1) is 19.3 Å². The molecule has 1 aliphatic rings. The van der Waals surface area contributed by atoms with E-state index in [1.165, 1.54) is 0 Å². The number of carbonyl (C=O) groups excluding carboxylic acids is 1. The van der Waals surface area contributed by atoms with Crippen LogP contribution in [0.5, 0.6) is 5.75 Å². The lowest BCUT2D eigenvalue weighted by Crippen LogP contribution is -2.48. The van der Waals surface area contributed by atoms with Crippen LogP contribution < -0.4 is 15.4 Å². The number of nitrogens with one attached hydrogen (secondary N) is 2. The van der Waals surface area contributed by atoms with E-state index in [2.05, 4.69) is 10.6 Å². The van der Waals surface area contributed by atoms with Crippen LogP contribution in [0.25, 0.3) is 0 Å². The minimum absolute atomic E-state index is 0.0679. The van der Waals surface area contributed by atoms with Gasteiger partial charge < -0.3 is 20.1 Å². The van der Waals surface area contributed by atoms with E-state index in [1.54, 1.807) is 0 Å². The minimum atomic E-state index is -0.282. The molecule has 110 valence electrons. The van der Waals surface area contributed by atoms with Crippen LogP contribution in [0.4, 0.5) is 5.69 Å². The Kier molecular flexibility index (Phi) is 4.98. The third-order valence-corrected chi connectivity index (χ3v) is 3.04. The van der Waals surface area contributed by atoms with Crippen LogP contribution in [-0.2, 0) is 9.53 Å². The third-order valence-electron chi connectivity index (χ3n) is 3.04. The number of hydrogen-bond donors (Lipinski definition) is 2. The molecule has 0 bridgehead atoms. The Balaban J connectivity index is 1.99. The molecular weight excluding hydrogens is 256 g/mol. The van der Waals surface area contributed by atoms with Crippen molar-refractivity contribution in [1.29, 1.82) is 0 Å². The molecule has 5 nitrogen and oxygen atoms in total. The van der Waals surface area contributed by atoms with Gasteiger partial charge in [0.2, 0.25) is 5.91 Å². The number of amides is 1. The maximum atomic E-state index is 12.1. The maximum Gasteiger partial charge on any atom is 0.243 e. The summed E-state index contributed by atoms with van der Waals surface area (Å²) >= 11 is 0. The summed E-state index contributed by atoms with van der Waals surface area (Å²) in [4.78, 5) is 12.1. The molecule has 1 heterocycles. The van der Waals surface area contributed by atoms with Gasteiger partial charge in [-0.2, -0.15) is 0 Å². The topological polar surface area (TPSA) is 59.6 Å². The molecular formula is C15H22N2O3. The van der Waals surface area contributed by atoms with Crippen LogP contribution in [0.3, 0.4) is 0 Å². The molecule has 0 saturated carbocycles. The van der Waals surface area contributed by atoms with Crippen LogP contribution in [-0.4, -0.2) is 37.8 Å². The first-order valence-electron chi connectivity index (χ1n) is 6.95. The zero-order valence-electron chi connectivity index (χ0n) is 12.2. The standard InChI is InChI=1S/C15H22N2O3/c1-10(2)20-14-5-4-12(8-11(14)3)17-15(18)13-9-19-7-6-16-13/h4-5,8,10,13,16H,6-7,9H2,1-3H3,(H,17,18). The molecule has 1 atom stereocenters. The van der Waals surface area contributed by atoms with E-state index in [1.807, 2.05) is 39.0 Å². The second-order valence-electron chi connectivity index (χ2n) is 5.22. The number of anilines is 1. The number of rotatable bonds is 4. The fourth-order valence-electron chi connectivity index (χ4n) is 2.08. The quantitative estimate of drug-likeness (QED) is 0.880. The smallest absolute Gasteiger partial charge is 0.243 e. The Morgan fingerprint density at radius 2 is 2.30 bits per heavy atom. The van der Waals surface area contributed by atoms with Gasteiger partial charge in [0.1, 0.15) is 11.8 Å². The fourth-order valence-corrected chi connectivity index (χ4v) is 2.08. The molecule has 1 amide bonds. The first-order chi connectivity index (χ1) is 9.56. The minimum Gasteiger partial charge on any atom is -0.491 e. The molecule has 2 rings (SSSR count). The molecule has 1 aromatic carbocycles. The van der Waals surface area contributed by atoms with E-state index in [4.69, 9.17) is 9.47 Å². The summed E-state index contributed by atoms with van der Waals surface area (Å²) in [6.45, 7) is 7.73. The highest BCUT2D eigenvalue weighted by Crippen LogP contribution is 2.23. The van der Waals surface area contributed by atoms with Crippen molar-refractivity contribution >= 4 is 11.6 Å². The predicted molar refractivity (Wildman–Crippen MR) is 78.2 cm³/mol. The summed E-state index contributed by atoms with van der Waals surface area (Å²) in [6.07, 6.45) is 0.137. The average molecular weight is 278 g/mol. The van der Waals surface area contributed by atoms with Crippen molar-refractivity contribution in [2.45, 2.75) is 32.9 Å². The number of carbonyl (C=O) groups is 1. The fraction of sp³-hybridized carbons (Fsp3) is 0.533. The van der Waals surface area contributed by atoms with E-state index in [0.717, 1.165) is 17.0 Å². The van der Waals surface area contributed by atoms with Crippen molar-refractivity contribution in [3.8, 4) is 5.75 Å². The summed E-state index contributed by atoms with van der Waals surface area (Å²) in [7, 11) is 0. The highest BCUT2D eigenvalue weighted by Gasteiger charge is 2.21. The van der Waals surface area contributed by atoms with Crippen LogP contribution in [0, 0.1) is 6.92 Å². The SMILES string of the molecule is Cc1cc(NC(=O)C2COCCN2)ccc1OC(C)C. The van der Waals surface area contributed by atoms with Gasteiger partial charge in [0.15, 0.2) is 0 Å². The second kappa shape index (κ2) is 6.72. The number of morpholine rings is 1. The molecule has 1 aliphatic heterocycles. The molecule has 0 spiro atoms. The van der Waals surface area contributed by atoms with Crippen LogP contribution in [0.2, 0.25) is 0 Å². The van der Waals surface area contributed by atoms with E-state index in [0.29, 0.717) is 19.8 Å². The molecule has 1 fully saturated rings. The van der Waals surface area contributed by atoms with Gasteiger partial charge in [-0.15, -0.1) is 0 Å². The molecule has 2 N–H and O–H groups in total. The lowest BCUT2D eigenvalue weighted by molar-refractivity contribution is -0.120. The van der Waals surface area contributed by atoms with Gasteiger partial charge in [-0.3, -0.25) is 4.79 Å². The first kappa shape index (κ1) is 14.8.